The van der Waals surface area contributed by atoms with Crippen LogP contribution in [0.2, 0.25) is 5.02 Å². The molecule has 0 spiro atoms. The van der Waals surface area contributed by atoms with E-state index in [9.17, 15) is 4.79 Å². The average molecular weight is 413 g/mol. The van der Waals surface area contributed by atoms with E-state index in [-0.39, 0.29) is 11.2 Å². The number of nitrogens with one attached hydrogen (secondary N) is 1. The Balaban J connectivity index is 1.65. The van der Waals surface area contributed by atoms with Gasteiger partial charge in [-0.1, -0.05) is 65.8 Å². The third-order valence-electron chi connectivity index (χ3n) is 4.59. The minimum absolute atomic E-state index is 0.0426. The van der Waals surface area contributed by atoms with Crippen molar-refractivity contribution in [1.82, 2.24) is 20.1 Å². The summed E-state index contributed by atoms with van der Waals surface area (Å²) in [5.74, 6) is 0.743. The van der Waals surface area contributed by atoms with Crippen LogP contribution in [0.5, 0.6) is 0 Å². The summed E-state index contributed by atoms with van der Waals surface area (Å²) in [4.78, 5) is 12.4. The van der Waals surface area contributed by atoms with Crippen LogP contribution in [0.4, 0.5) is 0 Å². The number of nitrogens with zero attached hydrogens (tertiary/aromatic N) is 3. The van der Waals surface area contributed by atoms with Crippen LogP contribution in [-0.2, 0) is 11.3 Å². The first-order valence-corrected chi connectivity index (χ1v) is 10.6. The van der Waals surface area contributed by atoms with Crippen molar-refractivity contribution in [2.24, 2.45) is 0 Å². The van der Waals surface area contributed by atoms with Gasteiger partial charge in [-0.3, -0.25) is 9.36 Å². The molecule has 1 aliphatic carbocycles. The second-order valence-electron chi connectivity index (χ2n) is 6.90. The van der Waals surface area contributed by atoms with E-state index in [1.807, 2.05) is 54.0 Å². The van der Waals surface area contributed by atoms with Crippen molar-refractivity contribution < 1.29 is 4.79 Å². The zero-order valence-electron chi connectivity index (χ0n) is 15.5. The Morgan fingerprint density at radius 2 is 1.89 bits per heavy atom. The van der Waals surface area contributed by atoms with Gasteiger partial charge < -0.3 is 5.32 Å². The minimum atomic E-state index is -0.251. The smallest absolute Gasteiger partial charge is 0.233 e. The summed E-state index contributed by atoms with van der Waals surface area (Å²) in [5.41, 5.74) is 1.96. The molecule has 0 radical (unpaired) electrons. The van der Waals surface area contributed by atoms with Gasteiger partial charge in [-0.05, 0) is 37.5 Å². The summed E-state index contributed by atoms with van der Waals surface area (Å²) in [5, 5.41) is 12.9. The number of halogens is 1. The number of amides is 1. The normalized spacial score (nSPS) is 14.6. The zero-order valence-corrected chi connectivity index (χ0v) is 17.1. The summed E-state index contributed by atoms with van der Waals surface area (Å²) in [6, 6.07) is 18.1. The SMILES string of the molecule is CC(Sc1nnc(-c2ccccc2Cl)n1Cc1ccccc1)C(=O)NC1CC1. The van der Waals surface area contributed by atoms with Crippen molar-refractivity contribution in [1.29, 1.82) is 0 Å². The molecule has 1 amide bonds. The maximum Gasteiger partial charge on any atom is 0.233 e. The highest BCUT2D eigenvalue weighted by Gasteiger charge is 2.27. The highest BCUT2D eigenvalue weighted by molar-refractivity contribution is 8.00. The van der Waals surface area contributed by atoms with Crippen molar-refractivity contribution >= 4 is 29.3 Å². The molecule has 5 nitrogen and oxygen atoms in total. The van der Waals surface area contributed by atoms with E-state index in [0.29, 0.717) is 28.6 Å². The van der Waals surface area contributed by atoms with Crippen LogP contribution < -0.4 is 5.32 Å². The summed E-state index contributed by atoms with van der Waals surface area (Å²) >= 11 is 7.83. The van der Waals surface area contributed by atoms with Crippen molar-refractivity contribution in [3.8, 4) is 11.4 Å². The predicted molar refractivity (Wildman–Crippen MR) is 112 cm³/mol. The fourth-order valence-corrected chi connectivity index (χ4v) is 3.96. The van der Waals surface area contributed by atoms with E-state index in [1.54, 1.807) is 0 Å². The Hall–Kier alpha value is -2.31. The van der Waals surface area contributed by atoms with Gasteiger partial charge in [-0.25, -0.2) is 0 Å². The highest BCUT2D eigenvalue weighted by Crippen LogP contribution is 2.31. The van der Waals surface area contributed by atoms with Crippen LogP contribution in [0, 0.1) is 0 Å². The van der Waals surface area contributed by atoms with E-state index in [4.69, 9.17) is 11.6 Å². The molecule has 1 heterocycles. The molecule has 1 N–H and O–H groups in total. The van der Waals surface area contributed by atoms with Gasteiger partial charge in [0.05, 0.1) is 16.8 Å². The number of hydrogen-bond acceptors (Lipinski definition) is 4. The lowest BCUT2D eigenvalue weighted by Gasteiger charge is -2.14. The first-order valence-electron chi connectivity index (χ1n) is 9.31. The number of hydrogen-bond donors (Lipinski definition) is 1. The van der Waals surface area contributed by atoms with Crippen molar-refractivity contribution in [3.63, 3.8) is 0 Å². The molecular weight excluding hydrogens is 392 g/mol. The number of thioether (sulfide) groups is 1. The molecule has 28 heavy (non-hydrogen) atoms. The third-order valence-corrected chi connectivity index (χ3v) is 6.00. The van der Waals surface area contributed by atoms with E-state index >= 15 is 0 Å². The van der Waals surface area contributed by atoms with Crippen LogP contribution in [-0.4, -0.2) is 32.0 Å². The summed E-state index contributed by atoms with van der Waals surface area (Å²) in [6.07, 6.45) is 2.15. The predicted octanol–water partition coefficient (Wildman–Crippen LogP) is 4.41. The third kappa shape index (κ3) is 4.39. The van der Waals surface area contributed by atoms with Gasteiger partial charge in [0.1, 0.15) is 0 Å². The average Bonchev–Trinajstić information content (AvgIpc) is 3.44. The monoisotopic (exact) mass is 412 g/mol. The molecule has 7 heteroatoms. The van der Waals surface area contributed by atoms with Gasteiger partial charge in [0.25, 0.3) is 0 Å². The van der Waals surface area contributed by atoms with Crippen LogP contribution in [0.15, 0.2) is 59.8 Å². The van der Waals surface area contributed by atoms with E-state index in [0.717, 1.165) is 24.0 Å². The van der Waals surface area contributed by atoms with Crippen molar-refractivity contribution in [3.05, 3.63) is 65.2 Å². The van der Waals surface area contributed by atoms with Gasteiger partial charge in [0, 0.05) is 11.6 Å². The molecule has 144 valence electrons. The highest BCUT2D eigenvalue weighted by atomic mass is 35.5. The van der Waals surface area contributed by atoms with Crippen LogP contribution in [0.1, 0.15) is 25.3 Å². The second kappa shape index (κ2) is 8.37. The molecule has 1 aromatic heterocycles. The topological polar surface area (TPSA) is 59.8 Å². The van der Waals surface area contributed by atoms with Crippen molar-refractivity contribution in [2.75, 3.05) is 0 Å². The van der Waals surface area contributed by atoms with Crippen molar-refractivity contribution in [2.45, 2.75) is 42.8 Å². The molecule has 0 bridgehead atoms. The van der Waals surface area contributed by atoms with Gasteiger partial charge in [-0.15, -0.1) is 10.2 Å². The maximum absolute atomic E-state index is 12.4. The van der Waals surface area contributed by atoms with Crippen LogP contribution in [0.25, 0.3) is 11.4 Å². The molecule has 3 aromatic rings. The molecule has 0 saturated heterocycles. The molecular formula is C21H21ClN4OS. The molecule has 1 fully saturated rings. The molecule has 2 aromatic carbocycles. The van der Waals surface area contributed by atoms with Crippen LogP contribution >= 0.6 is 23.4 Å². The lowest BCUT2D eigenvalue weighted by Crippen LogP contribution is -2.32. The van der Waals surface area contributed by atoms with Crippen LogP contribution in [0.3, 0.4) is 0 Å². The largest absolute Gasteiger partial charge is 0.352 e. The quantitative estimate of drug-likeness (QED) is 0.584. The summed E-state index contributed by atoms with van der Waals surface area (Å²) in [7, 11) is 0. The summed E-state index contributed by atoms with van der Waals surface area (Å²) < 4.78 is 2.03. The molecule has 1 atom stereocenters. The Morgan fingerprint density at radius 3 is 2.61 bits per heavy atom. The maximum atomic E-state index is 12.4. The molecule has 1 unspecified atom stereocenters. The van der Waals surface area contributed by atoms with Gasteiger partial charge >= 0.3 is 0 Å². The molecule has 1 aliphatic rings. The standard InChI is InChI=1S/C21H21ClN4OS/c1-14(20(27)23-16-11-12-16)28-21-25-24-19(17-9-5-6-10-18(17)22)26(21)13-15-7-3-2-4-8-15/h2-10,14,16H,11-13H2,1H3,(H,23,27). The molecule has 4 rings (SSSR count). The molecule has 0 aliphatic heterocycles. The number of carbonyl (C=O) groups is 1. The van der Waals surface area contributed by atoms with Gasteiger partial charge in [0.2, 0.25) is 5.91 Å². The number of rotatable bonds is 7. The fourth-order valence-electron chi connectivity index (χ4n) is 2.88. The number of carbonyl (C=O) groups excluding carboxylic acids is 1. The Kier molecular flexibility index (Phi) is 5.69. The molecule has 1 saturated carbocycles. The van der Waals surface area contributed by atoms with E-state index in [2.05, 4.69) is 27.6 Å². The Morgan fingerprint density at radius 1 is 1.18 bits per heavy atom. The number of benzene rings is 2. The Labute approximate surface area is 173 Å². The second-order valence-corrected chi connectivity index (χ2v) is 8.62. The minimum Gasteiger partial charge on any atom is -0.352 e. The Bertz CT molecular complexity index is 972. The first kappa shape index (κ1) is 19.0. The zero-order chi connectivity index (χ0) is 19.5. The van der Waals surface area contributed by atoms with E-state index in [1.165, 1.54) is 11.8 Å². The lowest BCUT2D eigenvalue weighted by atomic mass is 10.2. The summed E-state index contributed by atoms with van der Waals surface area (Å²) in [6.45, 7) is 2.51. The lowest BCUT2D eigenvalue weighted by molar-refractivity contribution is -0.120. The number of aromatic nitrogens is 3. The van der Waals surface area contributed by atoms with Gasteiger partial charge in [-0.2, -0.15) is 0 Å². The van der Waals surface area contributed by atoms with Gasteiger partial charge in [0.15, 0.2) is 11.0 Å². The first-order chi connectivity index (χ1) is 13.6. The van der Waals surface area contributed by atoms with E-state index < -0.39 is 0 Å². The fraction of sp³-hybridized carbons (Fsp3) is 0.286.